The summed E-state index contributed by atoms with van der Waals surface area (Å²) in [6.45, 7) is 1.32. The Labute approximate surface area is 146 Å². The SMILES string of the molecule is NCc1cc(Br)c(OC2CCOC3(CCSC3)C2)c(Br)c1. The Morgan fingerprint density at radius 3 is 2.76 bits per heavy atom. The van der Waals surface area contributed by atoms with Crippen molar-refractivity contribution in [2.24, 2.45) is 5.73 Å². The quantitative estimate of drug-likeness (QED) is 0.774. The molecule has 0 aliphatic carbocycles. The molecule has 1 spiro atoms. The molecule has 0 bridgehead atoms. The van der Waals surface area contributed by atoms with E-state index < -0.39 is 0 Å². The fourth-order valence-electron chi connectivity index (χ4n) is 2.96. The van der Waals surface area contributed by atoms with Gasteiger partial charge in [-0.3, -0.25) is 0 Å². The van der Waals surface area contributed by atoms with Gasteiger partial charge in [-0.2, -0.15) is 11.8 Å². The van der Waals surface area contributed by atoms with E-state index in [2.05, 4.69) is 31.9 Å². The Bertz CT molecular complexity index is 497. The van der Waals surface area contributed by atoms with Crippen LogP contribution in [0, 0.1) is 0 Å². The zero-order valence-corrected chi connectivity index (χ0v) is 15.7. The first-order valence-corrected chi connectivity index (χ1v) is 9.92. The van der Waals surface area contributed by atoms with Crippen LogP contribution in [0.1, 0.15) is 24.8 Å². The van der Waals surface area contributed by atoms with Gasteiger partial charge in [0.1, 0.15) is 11.9 Å². The predicted octanol–water partition coefficient (Wildman–Crippen LogP) is 4.10. The lowest BCUT2D eigenvalue weighted by Crippen LogP contribution is -2.43. The minimum atomic E-state index is 0.0454. The summed E-state index contributed by atoms with van der Waals surface area (Å²) in [5.74, 6) is 3.17. The average Bonchev–Trinajstić information content (AvgIpc) is 2.90. The predicted molar refractivity (Wildman–Crippen MR) is 94.0 cm³/mol. The molecule has 2 aliphatic heterocycles. The molecule has 2 atom stereocenters. The molecule has 0 saturated carbocycles. The van der Waals surface area contributed by atoms with Gasteiger partial charge >= 0.3 is 0 Å². The first kappa shape index (κ1) is 16.1. The summed E-state index contributed by atoms with van der Waals surface area (Å²) in [7, 11) is 0. The molecule has 2 N–H and O–H groups in total. The second-order valence-corrected chi connectivity index (χ2v) is 8.47. The van der Waals surface area contributed by atoms with E-state index in [9.17, 15) is 0 Å². The highest BCUT2D eigenvalue weighted by molar-refractivity contribution is 9.11. The third-order valence-corrected chi connectivity index (χ3v) is 6.49. The number of halogens is 2. The number of rotatable bonds is 3. The fraction of sp³-hybridized carbons (Fsp3) is 0.600. The standard InChI is InChI=1S/C15H19Br2NO2S/c16-12-5-10(8-18)6-13(17)14(12)20-11-1-3-19-15(7-11)2-4-21-9-15/h5-6,11H,1-4,7-9,18H2. The molecule has 3 nitrogen and oxygen atoms in total. The smallest absolute Gasteiger partial charge is 0.148 e. The van der Waals surface area contributed by atoms with Crippen LogP contribution < -0.4 is 10.5 Å². The van der Waals surface area contributed by atoms with E-state index in [4.69, 9.17) is 15.2 Å². The van der Waals surface area contributed by atoms with Gasteiger partial charge in [-0.1, -0.05) is 0 Å². The van der Waals surface area contributed by atoms with Gasteiger partial charge in [0.25, 0.3) is 0 Å². The molecule has 2 saturated heterocycles. The molecule has 6 heteroatoms. The van der Waals surface area contributed by atoms with Crippen LogP contribution in [0.4, 0.5) is 0 Å². The van der Waals surface area contributed by atoms with Crippen LogP contribution in [0.5, 0.6) is 5.75 Å². The Morgan fingerprint density at radius 1 is 1.38 bits per heavy atom. The van der Waals surface area contributed by atoms with Crippen molar-refractivity contribution in [1.82, 2.24) is 0 Å². The van der Waals surface area contributed by atoms with Gasteiger partial charge in [-0.15, -0.1) is 0 Å². The third-order valence-electron chi connectivity index (χ3n) is 4.09. The maximum atomic E-state index is 6.28. The molecule has 3 rings (SSSR count). The Hall–Kier alpha value is 0.250. The largest absolute Gasteiger partial charge is 0.488 e. The van der Waals surface area contributed by atoms with Gasteiger partial charge in [-0.25, -0.2) is 0 Å². The monoisotopic (exact) mass is 435 g/mol. The van der Waals surface area contributed by atoms with E-state index in [0.717, 1.165) is 51.9 Å². The topological polar surface area (TPSA) is 44.5 Å². The molecule has 0 radical (unpaired) electrons. The lowest BCUT2D eigenvalue weighted by Gasteiger charge is -2.37. The zero-order chi connectivity index (χ0) is 14.9. The van der Waals surface area contributed by atoms with Crippen LogP contribution in [0.15, 0.2) is 21.1 Å². The summed E-state index contributed by atoms with van der Waals surface area (Å²) >= 11 is 9.18. The average molecular weight is 437 g/mol. The molecule has 2 aliphatic rings. The van der Waals surface area contributed by atoms with Crippen LogP contribution in [-0.4, -0.2) is 29.8 Å². The van der Waals surface area contributed by atoms with Crippen molar-refractivity contribution >= 4 is 43.6 Å². The first-order chi connectivity index (χ1) is 10.1. The van der Waals surface area contributed by atoms with E-state index in [1.807, 2.05) is 23.9 Å². The molecule has 2 unspecified atom stereocenters. The Kier molecular flexibility index (Phi) is 5.21. The van der Waals surface area contributed by atoms with E-state index in [-0.39, 0.29) is 11.7 Å². The van der Waals surface area contributed by atoms with Gasteiger partial charge in [0, 0.05) is 25.1 Å². The molecule has 1 aromatic rings. The van der Waals surface area contributed by atoms with Crippen molar-refractivity contribution < 1.29 is 9.47 Å². The van der Waals surface area contributed by atoms with Crippen molar-refractivity contribution in [1.29, 1.82) is 0 Å². The van der Waals surface area contributed by atoms with Crippen molar-refractivity contribution in [2.75, 3.05) is 18.1 Å². The van der Waals surface area contributed by atoms with E-state index in [0.29, 0.717) is 6.54 Å². The van der Waals surface area contributed by atoms with Crippen LogP contribution in [0.3, 0.4) is 0 Å². The first-order valence-electron chi connectivity index (χ1n) is 7.18. The number of hydrogen-bond acceptors (Lipinski definition) is 4. The van der Waals surface area contributed by atoms with Gasteiger partial charge in [0.05, 0.1) is 21.2 Å². The molecule has 0 amide bonds. The summed E-state index contributed by atoms with van der Waals surface area (Å²) in [4.78, 5) is 0. The molecule has 2 heterocycles. The second kappa shape index (κ2) is 6.79. The van der Waals surface area contributed by atoms with Crippen molar-refractivity contribution in [3.05, 3.63) is 26.6 Å². The highest BCUT2D eigenvalue weighted by Gasteiger charge is 2.41. The van der Waals surface area contributed by atoms with E-state index in [1.165, 1.54) is 5.75 Å². The minimum Gasteiger partial charge on any atom is -0.488 e. The molecule has 2 fully saturated rings. The summed E-state index contributed by atoms with van der Waals surface area (Å²) in [6.07, 6.45) is 3.29. The normalized spacial score (nSPS) is 29.0. The van der Waals surface area contributed by atoms with Gasteiger partial charge in [0.2, 0.25) is 0 Å². The second-order valence-electron chi connectivity index (χ2n) is 5.66. The van der Waals surface area contributed by atoms with Gasteiger partial charge in [-0.05, 0) is 61.7 Å². The summed E-state index contributed by atoms with van der Waals surface area (Å²) in [6, 6.07) is 4.06. The number of thioether (sulfide) groups is 1. The molecular weight excluding hydrogens is 418 g/mol. The van der Waals surface area contributed by atoms with Crippen LogP contribution in [0.25, 0.3) is 0 Å². The summed E-state index contributed by atoms with van der Waals surface area (Å²) in [5.41, 5.74) is 6.82. The van der Waals surface area contributed by atoms with Crippen molar-refractivity contribution in [2.45, 2.75) is 37.5 Å². The molecular formula is C15H19Br2NO2S. The highest BCUT2D eigenvalue weighted by atomic mass is 79.9. The lowest BCUT2D eigenvalue weighted by molar-refractivity contribution is -0.0961. The van der Waals surface area contributed by atoms with Crippen molar-refractivity contribution in [3.8, 4) is 5.75 Å². The van der Waals surface area contributed by atoms with Crippen LogP contribution >= 0.6 is 43.6 Å². The number of hydrogen-bond donors (Lipinski definition) is 1. The third kappa shape index (κ3) is 3.61. The Balaban J connectivity index is 1.74. The maximum absolute atomic E-state index is 6.28. The highest BCUT2D eigenvalue weighted by Crippen LogP contribution is 2.41. The fourth-order valence-corrected chi connectivity index (χ4v) is 5.80. The Morgan fingerprint density at radius 2 is 2.14 bits per heavy atom. The zero-order valence-electron chi connectivity index (χ0n) is 11.7. The van der Waals surface area contributed by atoms with Gasteiger partial charge in [0.15, 0.2) is 0 Å². The van der Waals surface area contributed by atoms with Crippen LogP contribution in [-0.2, 0) is 11.3 Å². The van der Waals surface area contributed by atoms with E-state index >= 15 is 0 Å². The lowest BCUT2D eigenvalue weighted by atomic mass is 9.91. The number of nitrogens with two attached hydrogens (primary N) is 1. The summed E-state index contributed by atoms with van der Waals surface area (Å²) in [5, 5.41) is 0. The minimum absolute atomic E-state index is 0.0454. The van der Waals surface area contributed by atoms with Crippen molar-refractivity contribution in [3.63, 3.8) is 0 Å². The van der Waals surface area contributed by atoms with Crippen LogP contribution in [0.2, 0.25) is 0 Å². The summed E-state index contributed by atoms with van der Waals surface area (Å²) < 4.78 is 14.2. The molecule has 1 aromatic carbocycles. The maximum Gasteiger partial charge on any atom is 0.148 e. The van der Waals surface area contributed by atoms with E-state index in [1.54, 1.807) is 0 Å². The molecule has 0 aromatic heterocycles. The van der Waals surface area contributed by atoms with Gasteiger partial charge < -0.3 is 15.2 Å². The molecule has 116 valence electrons. The number of benzene rings is 1. The number of ether oxygens (including phenoxy) is 2. The molecule has 21 heavy (non-hydrogen) atoms.